The molecule has 0 fully saturated rings. The Hall–Kier alpha value is -2.55. The van der Waals surface area contributed by atoms with Crippen molar-refractivity contribution in [2.24, 2.45) is 11.8 Å². The number of nitrogens with zero attached hydrogens (tertiary/aromatic N) is 2. The Morgan fingerprint density at radius 3 is 0.895 bits per heavy atom. The summed E-state index contributed by atoms with van der Waals surface area (Å²) in [4.78, 5) is 14.7. The Bertz CT molecular complexity index is 1880. The van der Waals surface area contributed by atoms with Crippen LogP contribution in [-0.4, -0.2) is 8.80 Å². The largest absolute Gasteiger partial charge is 0.317 e. The van der Waals surface area contributed by atoms with E-state index in [1.807, 2.05) is 10.6 Å². The zero-order valence-corrected chi connectivity index (χ0v) is 51.4. The highest BCUT2D eigenvalue weighted by Crippen LogP contribution is 2.31. The molecule has 0 bridgehead atoms. The van der Waals surface area contributed by atoms with Crippen LogP contribution in [0.2, 0.25) is 0 Å². The van der Waals surface area contributed by atoms with Crippen LogP contribution < -0.4 is 10.9 Å². The van der Waals surface area contributed by atoms with Crippen LogP contribution in [0, 0.1) is 11.8 Å². The van der Waals surface area contributed by atoms with E-state index in [2.05, 4.69) is 62.6 Å². The van der Waals surface area contributed by atoms with E-state index in [9.17, 15) is 4.79 Å². The zero-order valence-electron chi connectivity index (χ0n) is 51.4. The van der Waals surface area contributed by atoms with Crippen LogP contribution in [0.1, 0.15) is 360 Å². The topological polar surface area (TPSA) is 25.9 Å². The highest BCUT2D eigenvalue weighted by molar-refractivity contribution is 5.96. The Morgan fingerprint density at radius 1 is 0.329 bits per heavy atom. The molecule has 0 aliphatic carbocycles. The van der Waals surface area contributed by atoms with Gasteiger partial charge in [-0.05, 0) is 72.9 Å². The fourth-order valence-electron chi connectivity index (χ4n) is 13.5. The molecule has 0 saturated heterocycles. The average molecular weight is 1050 g/mol. The summed E-state index contributed by atoms with van der Waals surface area (Å²) in [5.74, 6) is 1.71. The van der Waals surface area contributed by atoms with E-state index >= 15 is 0 Å². The summed E-state index contributed by atoms with van der Waals surface area (Å²) in [5, 5.41) is 3.12. The van der Waals surface area contributed by atoms with Crippen LogP contribution in [-0.2, 0) is 12.8 Å². The second-order valence-electron chi connectivity index (χ2n) is 25.1. The second-order valence-corrected chi connectivity index (χ2v) is 25.1. The Morgan fingerprint density at radius 2 is 0.579 bits per heavy atom. The van der Waals surface area contributed by atoms with E-state index in [4.69, 9.17) is 6.58 Å². The maximum Gasteiger partial charge on any atom is 0.263 e. The van der Waals surface area contributed by atoms with Crippen molar-refractivity contribution in [3.05, 3.63) is 63.5 Å². The van der Waals surface area contributed by atoms with Crippen LogP contribution in [0.3, 0.4) is 0 Å². The zero-order chi connectivity index (χ0) is 53.9. The van der Waals surface area contributed by atoms with Crippen molar-refractivity contribution in [1.82, 2.24) is 8.80 Å². The molecular formula is C73H126N2O. The van der Waals surface area contributed by atoms with Crippen LogP contribution in [0.25, 0.3) is 28.4 Å². The number of hydrogen-bond acceptors (Lipinski definition) is 1. The summed E-state index contributed by atoms with van der Waals surface area (Å²) in [6.07, 6.45) is 76.2. The molecular weight excluding hydrogens is 921 g/mol. The van der Waals surface area contributed by atoms with E-state index < -0.39 is 0 Å². The van der Waals surface area contributed by atoms with Gasteiger partial charge in [0.2, 0.25) is 0 Å². The van der Waals surface area contributed by atoms with Crippen molar-refractivity contribution in [2.75, 3.05) is 0 Å². The first-order valence-electron chi connectivity index (χ1n) is 34.6. The molecule has 76 heavy (non-hydrogen) atoms. The fourth-order valence-corrected chi connectivity index (χ4v) is 13.5. The van der Waals surface area contributed by atoms with E-state index in [0.29, 0.717) is 0 Å². The summed E-state index contributed by atoms with van der Waals surface area (Å²) in [6.45, 7) is 14.0. The summed E-state index contributed by atoms with van der Waals surface area (Å²) < 4.78 is 4.32. The molecule has 4 rings (SSSR count). The molecule has 4 aromatic rings. The summed E-state index contributed by atoms with van der Waals surface area (Å²) in [5.41, 5.74) is 5.09. The van der Waals surface area contributed by atoms with Crippen molar-refractivity contribution < 1.29 is 0 Å². The number of aromatic nitrogens is 2. The third-order valence-corrected chi connectivity index (χ3v) is 18.4. The van der Waals surface area contributed by atoms with Crippen LogP contribution in [0.5, 0.6) is 0 Å². The van der Waals surface area contributed by atoms with E-state index in [-0.39, 0.29) is 5.56 Å². The predicted molar refractivity (Wildman–Crippen MR) is 341 cm³/mol. The molecule has 4 heterocycles. The number of rotatable bonds is 54. The molecule has 0 saturated carbocycles. The Kier molecular flexibility index (Phi) is 38.4. The van der Waals surface area contributed by atoms with Gasteiger partial charge in [0.05, 0.1) is 10.9 Å². The molecule has 0 spiro atoms. The number of fused-ring (bicyclic) bond motifs is 3. The van der Waals surface area contributed by atoms with Gasteiger partial charge in [-0.3, -0.25) is 9.20 Å². The van der Waals surface area contributed by atoms with Gasteiger partial charge in [-0.25, -0.2) is 0 Å². The molecule has 3 nitrogen and oxygen atoms in total. The first-order valence-corrected chi connectivity index (χ1v) is 34.6. The van der Waals surface area contributed by atoms with Gasteiger partial charge in [0.1, 0.15) is 0 Å². The molecule has 0 aliphatic rings. The Balaban J connectivity index is 1.37. The lowest BCUT2D eigenvalue weighted by atomic mass is 9.88. The molecule has 0 aliphatic heterocycles. The number of hydrogen-bond donors (Lipinski definition) is 0. The second kappa shape index (κ2) is 44.2. The molecule has 0 amide bonds. The molecule has 0 N–H and O–H groups in total. The number of unbranched alkanes of at least 4 members (excludes halogenated alkanes) is 38. The average Bonchev–Trinajstić information content (AvgIpc) is 4.14. The summed E-state index contributed by atoms with van der Waals surface area (Å²) >= 11 is 0. The van der Waals surface area contributed by atoms with Crippen molar-refractivity contribution in [3.8, 4) is 0 Å². The van der Waals surface area contributed by atoms with Gasteiger partial charge in [-0.1, -0.05) is 342 Å². The SMILES string of the molecule is C=c1c2c(CCCCC(CCCCCCCCCCCC)CCCCCCCCCCCC)c3cccn3c(=O)c2c(CCCCC(CCCCCCCCCCCC)CCCCCCCCCCCC)c2cccn12. The van der Waals surface area contributed by atoms with Crippen LogP contribution in [0.4, 0.5) is 0 Å². The monoisotopic (exact) mass is 1050 g/mol. The van der Waals surface area contributed by atoms with Crippen LogP contribution in [0.15, 0.2) is 41.5 Å². The highest BCUT2D eigenvalue weighted by atomic mass is 16.1. The molecule has 434 valence electrons. The van der Waals surface area contributed by atoms with Gasteiger partial charge in [0.15, 0.2) is 0 Å². The quantitative estimate of drug-likeness (QED) is 0.0405. The molecule has 0 atom stereocenters. The maximum atomic E-state index is 14.7. The van der Waals surface area contributed by atoms with Gasteiger partial charge in [0.25, 0.3) is 5.56 Å². The standard InChI is InChI=1S/C73H126N2O/c1-6-10-14-18-22-26-30-34-38-42-52-65(53-43-39-35-31-27-23-19-15-11-7-2)56-46-48-58-67-70-61-51-63-75(70)73(76)72-68(69-60-50-62-74(69)64(5)71(67)72)59-49-47-57-66(54-44-40-36-32-28-24-20-16-12-8-3)55-45-41-37-33-29-25-21-17-13-9-4/h50-51,60-63,65-66H,5-49,52-59H2,1-4H3. The first kappa shape index (κ1) is 66.0. The van der Waals surface area contributed by atoms with Crippen molar-refractivity contribution in [2.45, 2.75) is 362 Å². The lowest BCUT2D eigenvalue weighted by molar-refractivity contribution is 0.368. The number of aryl methyl sites for hydroxylation is 2. The summed E-state index contributed by atoms with van der Waals surface area (Å²) in [7, 11) is 0. The van der Waals surface area contributed by atoms with Gasteiger partial charge in [-0.15, -0.1) is 0 Å². The highest BCUT2D eigenvalue weighted by Gasteiger charge is 2.20. The lowest BCUT2D eigenvalue weighted by Gasteiger charge is -2.19. The number of pyridine rings is 2. The van der Waals surface area contributed by atoms with E-state index in [1.54, 1.807) is 0 Å². The molecule has 0 unspecified atom stereocenters. The normalized spacial score (nSPS) is 12.1. The minimum Gasteiger partial charge on any atom is -0.317 e. The maximum absolute atomic E-state index is 14.7. The third-order valence-electron chi connectivity index (χ3n) is 18.4. The van der Waals surface area contributed by atoms with Gasteiger partial charge in [-0.2, -0.15) is 0 Å². The van der Waals surface area contributed by atoms with E-state index in [1.165, 1.54) is 331 Å². The Labute approximate surface area is 471 Å². The molecule has 0 aromatic carbocycles. The van der Waals surface area contributed by atoms with Gasteiger partial charge in [0, 0.05) is 28.6 Å². The summed E-state index contributed by atoms with van der Waals surface area (Å²) in [6, 6.07) is 8.75. The lowest BCUT2D eigenvalue weighted by Crippen LogP contribution is -2.23. The van der Waals surface area contributed by atoms with Crippen molar-refractivity contribution in [1.29, 1.82) is 0 Å². The van der Waals surface area contributed by atoms with Crippen molar-refractivity contribution >= 4 is 28.4 Å². The molecule has 0 radical (unpaired) electrons. The molecule has 3 heteroatoms. The van der Waals surface area contributed by atoms with E-state index in [0.717, 1.165) is 52.7 Å². The van der Waals surface area contributed by atoms with Gasteiger partial charge < -0.3 is 4.40 Å². The fraction of sp³-hybridized carbons (Fsp3) is 0.795. The van der Waals surface area contributed by atoms with Gasteiger partial charge >= 0.3 is 0 Å². The first-order chi connectivity index (χ1) is 37.5. The van der Waals surface area contributed by atoms with Crippen molar-refractivity contribution in [3.63, 3.8) is 0 Å². The minimum atomic E-state index is 0.162. The molecule has 4 aromatic heterocycles. The predicted octanol–water partition coefficient (Wildman–Crippen LogP) is 23.7. The minimum absolute atomic E-state index is 0.162. The third kappa shape index (κ3) is 26.6. The smallest absolute Gasteiger partial charge is 0.263 e. The van der Waals surface area contributed by atoms with Crippen LogP contribution >= 0.6 is 0 Å².